The van der Waals surface area contributed by atoms with Gasteiger partial charge in [-0.1, -0.05) is 23.7 Å². The van der Waals surface area contributed by atoms with Gasteiger partial charge in [-0.2, -0.15) is 0 Å². The highest BCUT2D eigenvalue weighted by Crippen LogP contribution is 2.27. The number of rotatable bonds is 4. The summed E-state index contributed by atoms with van der Waals surface area (Å²) in [4.78, 5) is 0. The smallest absolute Gasteiger partial charge is 0.128 e. The highest BCUT2D eigenvalue weighted by molar-refractivity contribution is 6.30. The quantitative estimate of drug-likeness (QED) is 0.898. The number of nitrogens with two attached hydrogens (primary N) is 1. The van der Waals surface area contributed by atoms with Gasteiger partial charge >= 0.3 is 0 Å². The van der Waals surface area contributed by atoms with E-state index in [1.807, 2.05) is 26.8 Å². The van der Waals surface area contributed by atoms with Crippen molar-refractivity contribution < 1.29 is 9.13 Å². The Hall–Kier alpha value is -1.58. The van der Waals surface area contributed by atoms with Crippen LogP contribution in [0.3, 0.4) is 0 Å². The van der Waals surface area contributed by atoms with Crippen molar-refractivity contribution in [1.29, 1.82) is 0 Å². The summed E-state index contributed by atoms with van der Waals surface area (Å²) in [6, 6.07) is 9.94. The van der Waals surface area contributed by atoms with Crippen molar-refractivity contribution in [2.75, 3.05) is 0 Å². The lowest BCUT2D eigenvalue weighted by Gasteiger charge is -2.24. The SMILES string of the molecule is Cc1cc(C)c(C(N)C(C)Oc2cccc(Cl)c2)c(F)c1. The van der Waals surface area contributed by atoms with E-state index in [4.69, 9.17) is 22.1 Å². The molecule has 0 radical (unpaired) electrons. The van der Waals surface area contributed by atoms with Crippen molar-refractivity contribution in [2.24, 2.45) is 5.73 Å². The fraction of sp³-hybridized carbons (Fsp3) is 0.294. The summed E-state index contributed by atoms with van der Waals surface area (Å²) in [6.45, 7) is 5.54. The largest absolute Gasteiger partial charge is 0.489 e. The fourth-order valence-electron chi connectivity index (χ4n) is 2.41. The molecule has 0 saturated carbocycles. The number of aryl methyl sites for hydroxylation is 2. The van der Waals surface area contributed by atoms with E-state index in [0.717, 1.165) is 11.1 Å². The maximum atomic E-state index is 14.2. The topological polar surface area (TPSA) is 35.2 Å². The predicted octanol–water partition coefficient (Wildman–Crippen LogP) is 4.56. The van der Waals surface area contributed by atoms with Crippen molar-refractivity contribution in [3.05, 3.63) is 63.9 Å². The first-order valence-corrected chi connectivity index (χ1v) is 7.20. The van der Waals surface area contributed by atoms with E-state index in [1.54, 1.807) is 24.3 Å². The molecule has 2 aromatic rings. The molecular formula is C17H19ClFNO. The van der Waals surface area contributed by atoms with Gasteiger partial charge in [-0.25, -0.2) is 4.39 Å². The molecule has 0 aliphatic rings. The van der Waals surface area contributed by atoms with Crippen molar-refractivity contribution in [1.82, 2.24) is 0 Å². The molecule has 0 heterocycles. The van der Waals surface area contributed by atoms with Gasteiger partial charge in [-0.15, -0.1) is 0 Å². The highest BCUT2D eigenvalue weighted by Gasteiger charge is 2.22. The van der Waals surface area contributed by atoms with Gasteiger partial charge in [0, 0.05) is 10.6 Å². The summed E-state index contributed by atoms with van der Waals surface area (Å²) in [6.07, 6.45) is -0.376. The van der Waals surface area contributed by atoms with Crippen molar-refractivity contribution >= 4 is 11.6 Å². The van der Waals surface area contributed by atoms with E-state index < -0.39 is 6.04 Å². The van der Waals surface area contributed by atoms with Gasteiger partial charge in [-0.3, -0.25) is 0 Å². The van der Waals surface area contributed by atoms with Crippen LogP contribution in [0.5, 0.6) is 5.75 Å². The van der Waals surface area contributed by atoms with E-state index in [9.17, 15) is 4.39 Å². The normalized spacial score (nSPS) is 13.8. The molecule has 2 unspecified atom stereocenters. The van der Waals surface area contributed by atoms with Gasteiger partial charge in [0.1, 0.15) is 17.7 Å². The van der Waals surface area contributed by atoms with Gasteiger partial charge in [0.25, 0.3) is 0 Å². The van der Waals surface area contributed by atoms with Crippen molar-refractivity contribution in [3.8, 4) is 5.75 Å². The zero-order valence-electron chi connectivity index (χ0n) is 12.4. The zero-order valence-corrected chi connectivity index (χ0v) is 13.1. The Kier molecular flexibility index (Phi) is 4.86. The molecule has 0 fully saturated rings. The number of hydrogen-bond acceptors (Lipinski definition) is 2. The van der Waals surface area contributed by atoms with Crippen LogP contribution in [0.2, 0.25) is 5.02 Å². The van der Waals surface area contributed by atoms with E-state index in [0.29, 0.717) is 16.3 Å². The Balaban J connectivity index is 2.21. The summed E-state index contributed by atoms with van der Waals surface area (Å²) in [5.74, 6) is 0.331. The van der Waals surface area contributed by atoms with Crippen LogP contribution in [0.25, 0.3) is 0 Å². The van der Waals surface area contributed by atoms with Crippen LogP contribution in [0, 0.1) is 19.7 Å². The van der Waals surface area contributed by atoms with E-state index in [2.05, 4.69) is 0 Å². The lowest BCUT2D eigenvalue weighted by molar-refractivity contribution is 0.188. The highest BCUT2D eigenvalue weighted by atomic mass is 35.5. The molecular weight excluding hydrogens is 289 g/mol. The van der Waals surface area contributed by atoms with Crippen LogP contribution in [0.4, 0.5) is 4.39 Å². The van der Waals surface area contributed by atoms with Gasteiger partial charge < -0.3 is 10.5 Å². The van der Waals surface area contributed by atoms with Gasteiger partial charge in [0.2, 0.25) is 0 Å². The first-order valence-electron chi connectivity index (χ1n) is 6.83. The first-order chi connectivity index (χ1) is 9.88. The maximum Gasteiger partial charge on any atom is 0.128 e. The average molecular weight is 308 g/mol. The Morgan fingerprint density at radius 1 is 1.19 bits per heavy atom. The van der Waals surface area contributed by atoms with E-state index in [-0.39, 0.29) is 11.9 Å². The minimum atomic E-state index is -0.551. The van der Waals surface area contributed by atoms with Crippen LogP contribution in [0.15, 0.2) is 36.4 Å². The standard InChI is InChI=1S/C17H19ClFNO/c1-10-7-11(2)16(15(19)8-10)17(20)12(3)21-14-6-4-5-13(18)9-14/h4-9,12,17H,20H2,1-3H3. The van der Waals surface area contributed by atoms with E-state index >= 15 is 0 Å². The number of benzene rings is 2. The lowest BCUT2D eigenvalue weighted by Crippen LogP contribution is -2.30. The minimum absolute atomic E-state index is 0.290. The molecule has 2 atom stereocenters. The lowest BCUT2D eigenvalue weighted by atomic mass is 9.96. The van der Waals surface area contributed by atoms with Crippen LogP contribution in [-0.4, -0.2) is 6.10 Å². The zero-order chi connectivity index (χ0) is 15.6. The second-order valence-electron chi connectivity index (χ2n) is 5.28. The predicted molar refractivity (Wildman–Crippen MR) is 84.3 cm³/mol. The maximum absolute atomic E-state index is 14.2. The molecule has 0 saturated heterocycles. The average Bonchev–Trinajstić information content (AvgIpc) is 2.37. The first kappa shape index (κ1) is 15.8. The van der Waals surface area contributed by atoms with Crippen LogP contribution in [-0.2, 0) is 0 Å². The summed E-state index contributed by atoms with van der Waals surface area (Å²) >= 11 is 5.92. The molecule has 0 aliphatic carbocycles. The van der Waals surface area contributed by atoms with Crippen molar-refractivity contribution in [3.63, 3.8) is 0 Å². The third-order valence-electron chi connectivity index (χ3n) is 3.44. The molecule has 2 N–H and O–H groups in total. The van der Waals surface area contributed by atoms with Gasteiger partial charge in [0.15, 0.2) is 0 Å². The Morgan fingerprint density at radius 3 is 2.52 bits per heavy atom. The molecule has 4 heteroatoms. The molecule has 2 aromatic carbocycles. The van der Waals surface area contributed by atoms with E-state index in [1.165, 1.54) is 6.07 Å². The molecule has 2 nitrogen and oxygen atoms in total. The molecule has 0 amide bonds. The molecule has 0 aromatic heterocycles. The Morgan fingerprint density at radius 2 is 1.90 bits per heavy atom. The third kappa shape index (κ3) is 3.74. The summed E-state index contributed by atoms with van der Waals surface area (Å²) in [5.41, 5.74) is 8.39. The molecule has 2 rings (SSSR count). The number of hydrogen-bond donors (Lipinski definition) is 1. The van der Waals surface area contributed by atoms with Crippen LogP contribution >= 0.6 is 11.6 Å². The van der Waals surface area contributed by atoms with Crippen molar-refractivity contribution in [2.45, 2.75) is 32.9 Å². The fourth-order valence-corrected chi connectivity index (χ4v) is 2.59. The summed E-state index contributed by atoms with van der Waals surface area (Å²) in [5, 5.41) is 0.589. The number of halogens is 2. The number of ether oxygens (including phenoxy) is 1. The second-order valence-corrected chi connectivity index (χ2v) is 5.72. The summed E-state index contributed by atoms with van der Waals surface area (Å²) in [7, 11) is 0. The molecule has 0 spiro atoms. The minimum Gasteiger partial charge on any atom is -0.489 e. The monoisotopic (exact) mass is 307 g/mol. The summed E-state index contributed by atoms with van der Waals surface area (Å²) < 4.78 is 19.9. The molecule has 0 bridgehead atoms. The third-order valence-corrected chi connectivity index (χ3v) is 3.67. The van der Waals surface area contributed by atoms with Crippen LogP contribution in [0.1, 0.15) is 29.7 Å². The Bertz CT molecular complexity index is 621. The van der Waals surface area contributed by atoms with Gasteiger partial charge in [-0.05, 0) is 56.2 Å². The molecule has 0 aliphatic heterocycles. The second kappa shape index (κ2) is 6.46. The van der Waals surface area contributed by atoms with Gasteiger partial charge in [0.05, 0.1) is 6.04 Å². The molecule has 21 heavy (non-hydrogen) atoms. The van der Waals surface area contributed by atoms with Crippen LogP contribution < -0.4 is 10.5 Å². The molecule has 112 valence electrons. The Labute approximate surface area is 129 Å².